The van der Waals surface area contributed by atoms with Crippen LogP contribution < -0.4 is 16.0 Å². The van der Waals surface area contributed by atoms with Gasteiger partial charge < -0.3 is 25.4 Å². The molecule has 0 aromatic carbocycles. The van der Waals surface area contributed by atoms with E-state index in [0.29, 0.717) is 13.2 Å². The summed E-state index contributed by atoms with van der Waals surface area (Å²) in [5.41, 5.74) is 8.93. The number of aromatic nitrogens is 3. The predicted octanol–water partition coefficient (Wildman–Crippen LogP) is 3.08. The number of nitrogens with zero attached hydrogens (tertiary/aromatic N) is 4. The molecule has 0 amide bonds. The molecule has 9 heteroatoms. The fourth-order valence-electron chi connectivity index (χ4n) is 4.43. The molecule has 0 radical (unpaired) electrons. The standard InChI is InChI=1S/C22H30N6O2S/c1-22(2)11-14-15(12-30-22)20(28-7-9-29-10-8-28)27-21-16(14)17-18(31-21)19(26-13-25-17)24-6-4-3-5-23/h13H,3-12,23H2,1-2H3,(H,24,25,26). The van der Waals surface area contributed by atoms with E-state index in [1.54, 1.807) is 17.7 Å². The smallest absolute Gasteiger partial charge is 0.147 e. The van der Waals surface area contributed by atoms with Crippen LogP contribution in [0.5, 0.6) is 0 Å². The molecule has 31 heavy (non-hydrogen) atoms. The van der Waals surface area contributed by atoms with Gasteiger partial charge >= 0.3 is 0 Å². The Kier molecular flexibility index (Phi) is 5.68. The van der Waals surface area contributed by atoms with Gasteiger partial charge in [-0.05, 0) is 38.8 Å². The molecule has 0 aliphatic carbocycles. The molecule has 0 spiro atoms. The van der Waals surface area contributed by atoms with E-state index in [9.17, 15) is 0 Å². The van der Waals surface area contributed by atoms with Crippen LogP contribution in [0.2, 0.25) is 0 Å². The summed E-state index contributed by atoms with van der Waals surface area (Å²) in [5, 5.41) is 4.64. The van der Waals surface area contributed by atoms with Crippen molar-refractivity contribution in [1.82, 2.24) is 15.0 Å². The van der Waals surface area contributed by atoms with E-state index in [1.165, 1.54) is 11.1 Å². The predicted molar refractivity (Wildman–Crippen MR) is 125 cm³/mol. The number of hydrogen-bond donors (Lipinski definition) is 2. The minimum Gasteiger partial charge on any atom is -0.378 e. The third-order valence-corrected chi connectivity index (χ3v) is 7.12. The van der Waals surface area contributed by atoms with Gasteiger partial charge in [0.05, 0.1) is 35.6 Å². The molecular formula is C22H30N6O2S. The molecule has 166 valence electrons. The van der Waals surface area contributed by atoms with Gasteiger partial charge in [0.1, 0.15) is 22.8 Å². The fraction of sp³-hybridized carbons (Fsp3) is 0.591. The Morgan fingerprint density at radius 2 is 2.03 bits per heavy atom. The average molecular weight is 443 g/mol. The zero-order valence-corrected chi connectivity index (χ0v) is 19.1. The van der Waals surface area contributed by atoms with Crippen LogP contribution in [0.1, 0.15) is 37.8 Å². The van der Waals surface area contributed by atoms with Crippen molar-refractivity contribution in [1.29, 1.82) is 0 Å². The van der Waals surface area contributed by atoms with Crippen LogP contribution in [0.25, 0.3) is 20.4 Å². The number of morpholine rings is 1. The number of fused-ring (bicyclic) bond motifs is 5. The Morgan fingerprint density at radius 1 is 1.19 bits per heavy atom. The number of nitrogens with two attached hydrogens (primary N) is 1. The van der Waals surface area contributed by atoms with Crippen molar-refractivity contribution >= 4 is 43.4 Å². The lowest BCUT2D eigenvalue weighted by atomic mass is 9.90. The first-order chi connectivity index (χ1) is 15.1. The third kappa shape index (κ3) is 3.95. The second kappa shape index (κ2) is 8.46. The number of nitrogens with one attached hydrogen (secondary N) is 1. The van der Waals surface area contributed by atoms with Gasteiger partial charge in [0.15, 0.2) is 0 Å². The van der Waals surface area contributed by atoms with Crippen molar-refractivity contribution in [3.63, 3.8) is 0 Å². The van der Waals surface area contributed by atoms with Gasteiger partial charge in [0.25, 0.3) is 0 Å². The van der Waals surface area contributed by atoms with Crippen LogP contribution in [0.15, 0.2) is 6.33 Å². The molecule has 5 rings (SSSR count). The van der Waals surface area contributed by atoms with Crippen molar-refractivity contribution < 1.29 is 9.47 Å². The molecule has 0 unspecified atom stereocenters. The molecule has 2 aliphatic rings. The van der Waals surface area contributed by atoms with Crippen LogP contribution in [-0.2, 0) is 22.5 Å². The van der Waals surface area contributed by atoms with Gasteiger partial charge in [-0.1, -0.05) is 0 Å². The molecular weight excluding hydrogens is 412 g/mol. The van der Waals surface area contributed by atoms with Crippen LogP contribution in [0, 0.1) is 0 Å². The third-order valence-electron chi connectivity index (χ3n) is 6.04. The molecule has 3 aromatic rings. The van der Waals surface area contributed by atoms with Gasteiger partial charge in [0.2, 0.25) is 0 Å². The number of pyridine rings is 1. The highest BCUT2D eigenvalue weighted by Crippen LogP contribution is 2.44. The Labute approximate surface area is 186 Å². The van der Waals surface area contributed by atoms with Crippen LogP contribution in [0.4, 0.5) is 11.6 Å². The van der Waals surface area contributed by atoms with E-state index >= 15 is 0 Å². The summed E-state index contributed by atoms with van der Waals surface area (Å²) < 4.78 is 12.9. The van der Waals surface area contributed by atoms with Crippen LogP contribution in [0.3, 0.4) is 0 Å². The lowest BCUT2D eigenvalue weighted by Crippen LogP contribution is -2.39. The first kappa shape index (κ1) is 20.8. The Morgan fingerprint density at radius 3 is 2.84 bits per heavy atom. The highest BCUT2D eigenvalue weighted by Gasteiger charge is 2.33. The van der Waals surface area contributed by atoms with E-state index < -0.39 is 0 Å². The Bertz CT molecular complexity index is 1090. The van der Waals surface area contributed by atoms with E-state index in [2.05, 4.69) is 29.0 Å². The summed E-state index contributed by atoms with van der Waals surface area (Å²) in [6.45, 7) is 9.62. The highest BCUT2D eigenvalue weighted by molar-refractivity contribution is 7.26. The molecule has 0 atom stereocenters. The second-order valence-corrected chi connectivity index (χ2v) is 9.82. The SMILES string of the molecule is CC1(C)Cc2c(c(N3CCOCC3)nc3sc4c(NCCCCN)ncnc4c23)CO1. The number of thiophene rings is 1. The lowest BCUT2D eigenvalue weighted by Gasteiger charge is -2.36. The first-order valence-electron chi connectivity index (χ1n) is 11.1. The van der Waals surface area contributed by atoms with E-state index in [-0.39, 0.29) is 5.60 Å². The molecule has 0 bridgehead atoms. The van der Waals surface area contributed by atoms with Crippen molar-refractivity contribution in [2.75, 3.05) is 49.6 Å². The van der Waals surface area contributed by atoms with E-state index in [1.807, 2.05) is 0 Å². The Balaban J connectivity index is 1.65. The topological polar surface area (TPSA) is 98.4 Å². The number of rotatable bonds is 6. The van der Waals surface area contributed by atoms with Crippen molar-refractivity contribution in [2.45, 2.75) is 45.3 Å². The van der Waals surface area contributed by atoms with Crippen LogP contribution >= 0.6 is 11.3 Å². The van der Waals surface area contributed by atoms with E-state index in [4.69, 9.17) is 25.2 Å². The summed E-state index contributed by atoms with van der Waals surface area (Å²) in [4.78, 5) is 17.7. The number of hydrogen-bond acceptors (Lipinski definition) is 9. The lowest BCUT2D eigenvalue weighted by molar-refractivity contribution is -0.0396. The molecule has 2 aliphatic heterocycles. The highest BCUT2D eigenvalue weighted by atomic mass is 32.1. The van der Waals surface area contributed by atoms with Crippen molar-refractivity contribution in [2.24, 2.45) is 5.73 Å². The van der Waals surface area contributed by atoms with Crippen molar-refractivity contribution in [3.05, 3.63) is 17.5 Å². The normalized spacial score (nSPS) is 18.5. The molecule has 3 aromatic heterocycles. The van der Waals surface area contributed by atoms with Crippen LogP contribution in [-0.4, -0.2) is 59.9 Å². The average Bonchev–Trinajstić information content (AvgIpc) is 3.15. The maximum Gasteiger partial charge on any atom is 0.147 e. The van der Waals surface area contributed by atoms with Gasteiger partial charge in [-0.3, -0.25) is 0 Å². The summed E-state index contributed by atoms with van der Waals surface area (Å²) in [6, 6.07) is 0. The number of anilines is 2. The molecule has 1 saturated heterocycles. The molecule has 5 heterocycles. The summed E-state index contributed by atoms with van der Waals surface area (Å²) in [6.07, 6.45) is 4.52. The maximum atomic E-state index is 6.21. The van der Waals surface area contributed by atoms with Gasteiger partial charge in [-0.25, -0.2) is 15.0 Å². The molecule has 8 nitrogen and oxygen atoms in total. The molecule has 3 N–H and O–H groups in total. The fourth-order valence-corrected chi connectivity index (χ4v) is 5.55. The molecule has 1 fully saturated rings. The number of unbranched alkanes of at least 4 members (excludes halogenated alkanes) is 1. The second-order valence-electron chi connectivity index (χ2n) is 8.82. The summed E-state index contributed by atoms with van der Waals surface area (Å²) in [5.74, 6) is 1.93. The number of ether oxygens (including phenoxy) is 2. The minimum absolute atomic E-state index is 0.214. The maximum absolute atomic E-state index is 6.21. The minimum atomic E-state index is -0.214. The zero-order valence-electron chi connectivity index (χ0n) is 18.2. The quantitative estimate of drug-likeness (QED) is 0.562. The van der Waals surface area contributed by atoms with Gasteiger partial charge in [0, 0.05) is 37.0 Å². The van der Waals surface area contributed by atoms with Gasteiger partial charge in [-0.2, -0.15) is 0 Å². The summed E-state index contributed by atoms with van der Waals surface area (Å²) >= 11 is 1.68. The van der Waals surface area contributed by atoms with Gasteiger partial charge in [-0.15, -0.1) is 11.3 Å². The van der Waals surface area contributed by atoms with E-state index in [0.717, 1.165) is 84.2 Å². The Hall–Kier alpha value is -2.07. The summed E-state index contributed by atoms with van der Waals surface area (Å²) in [7, 11) is 0. The zero-order chi connectivity index (χ0) is 21.4. The largest absolute Gasteiger partial charge is 0.378 e. The monoisotopic (exact) mass is 442 g/mol. The molecule has 0 saturated carbocycles. The van der Waals surface area contributed by atoms with Crippen molar-refractivity contribution in [3.8, 4) is 0 Å². The first-order valence-corrected chi connectivity index (χ1v) is 11.9.